The molecule has 1 saturated heterocycles. The number of fused-ring (bicyclic) bond motifs is 1. The molecule has 3 heterocycles. The fraction of sp³-hybridized carbons (Fsp3) is 0.348. The lowest BCUT2D eigenvalue weighted by Gasteiger charge is -2.35. The van der Waals surface area contributed by atoms with E-state index in [0.717, 1.165) is 43.3 Å². The Balaban J connectivity index is 1.82. The number of carbonyl (C=O) groups is 1. The number of aromatic nitrogens is 2. The van der Waals surface area contributed by atoms with Crippen LogP contribution in [0.2, 0.25) is 0 Å². The molecule has 6 heteroatoms. The molecule has 4 rings (SSSR count). The van der Waals surface area contributed by atoms with Gasteiger partial charge in [0.2, 0.25) is 0 Å². The Kier molecular flexibility index (Phi) is 5.43. The molecule has 150 valence electrons. The van der Waals surface area contributed by atoms with Crippen LogP contribution in [-0.4, -0.2) is 33.4 Å². The standard InChI is InChI=1S/C23H25FN4O/c1-3-18-9-4-5-12-28(18)23(29)20-14-25-22-19(11-10-15(2)26-22)21(20)27-17-8-6-7-16(24)13-17/h6-8,10-11,13-14,18H,3-5,9,12H2,1-2H3,(H,25,26,27). The Labute approximate surface area is 170 Å². The molecule has 1 N–H and O–H groups in total. The summed E-state index contributed by atoms with van der Waals surface area (Å²) in [5.41, 5.74) is 3.11. The SMILES string of the molecule is CCC1CCCCN1C(=O)c1cnc2nc(C)ccc2c1Nc1cccc(F)c1. The number of amides is 1. The van der Waals surface area contributed by atoms with E-state index >= 15 is 0 Å². The molecule has 0 saturated carbocycles. The van der Waals surface area contributed by atoms with Crippen molar-refractivity contribution in [3.8, 4) is 0 Å². The molecule has 2 aromatic heterocycles. The maximum absolute atomic E-state index is 13.7. The summed E-state index contributed by atoms with van der Waals surface area (Å²) in [5.74, 6) is -0.372. The number of hydrogen-bond donors (Lipinski definition) is 1. The van der Waals surface area contributed by atoms with Crippen molar-refractivity contribution >= 4 is 28.3 Å². The first-order valence-electron chi connectivity index (χ1n) is 10.2. The van der Waals surface area contributed by atoms with Crippen molar-refractivity contribution in [2.75, 3.05) is 11.9 Å². The predicted molar refractivity (Wildman–Crippen MR) is 113 cm³/mol. The normalized spacial score (nSPS) is 16.8. The maximum atomic E-state index is 13.7. The van der Waals surface area contributed by atoms with Gasteiger partial charge in [0.05, 0.1) is 11.3 Å². The third kappa shape index (κ3) is 3.92. The second-order valence-electron chi connectivity index (χ2n) is 7.56. The van der Waals surface area contributed by atoms with Gasteiger partial charge in [-0.15, -0.1) is 0 Å². The number of anilines is 2. The number of likely N-dealkylation sites (tertiary alicyclic amines) is 1. The lowest BCUT2D eigenvalue weighted by atomic mass is 9.98. The highest BCUT2D eigenvalue weighted by Gasteiger charge is 2.28. The molecule has 1 unspecified atom stereocenters. The molecule has 1 aliphatic rings. The third-order valence-electron chi connectivity index (χ3n) is 5.55. The number of aryl methyl sites for hydroxylation is 1. The van der Waals surface area contributed by atoms with Crippen LogP contribution < -0.4 is 5.32 Å². The topological polar surface area (TPSA) is 58.1 Å². The third-order valence-corrected chi connectivity index (χ3v) is 5.55. The van der Waals surface area contributed by atoms with E-state index in [9.17, 15) is 9.18 Å². The van der Waals surface area contributed by atoms with Crippen molar-refractivity contribution in [3.05, 3.63) is 59.7 Å². The number of pyridine rings is 2. The first-order valence-corrected chi connectivity index (χ1v) is 10.2. The molecule has 0 aliphatic carbocycles. The Hall–Kier alpha value is -3.02. The highest BCUT2D eigenvalue weighted by molar-refractivity contribution is 6.07. The van der Waals surface area contributed by atoms with Gasteiger partial charge < -0.3 is 10.2 Å². The summed E-state index contributed by atoms with van der Waals surface area (Å²) in [5, 5.41) is 4.01. The van der Waals surface area contributed by atoms with Gasteiger partial charge in [-0.1, -0.05) is 13.0 Å². The summed E-state index contributed by atoms with van der Waals surface area (Å²) in [7, 11) is 0. The molecule has 5 nitrogen and oxygen atoms in total. The summed E-state index contributed by atoms with van der Waals surface area (Å²) in [6, 6.07) is 10.3. The molecule has 0 spiro atoms. The van der Waals surface area contributed by atoms with Gasteiger partial charge in [-0.05, 0) is 62.9 Å². The van der Waals surface area contributed by atoms with E-state index in [4.69, 9.17) is 0 Å². The zero-order valence-corrected chi connectivity index (χ0v) is 16.8. The second kappa shape index (κ2) is 8.15. The number of nitrogens with zero attached hydrogens (tertiary/aromatic N) is 3. The molecule has 3 aromatic rings. The van der Waals surface area contributed by atoms with Crippen LogP contribution >= 0.6 is 0 Å². The quantitative estimate of drug-likeness (QED) is 0.661. The number of carbonyl (C=O) groups excluding carboxylic acids is 1. The number of nitrogens with one attached hydrogen (secondary N) is 1. The zero-order valence-electron chi connectivity index (χ0n) is 16.8. The minimum Gasteiger partial charge on any atom is -0.354 e. The molecule has 1 amide bonds. The van der Waals surface area contributed by atoms with Gasteiger partial charge >= 0.3 is 0 Å². The van der Waals surface area contributed by atoms with E-state index in [-0.39, 0.29) is 17.8 Å². The number of hydrogen-bond acceptors (Lipinski definition) is 4. The Bertz CT molecular complexity index is 1050. The molecule has 1 aromatic carbocycles. The van der Waals surface area contributed by atoms with Crippen molar-refractivity contribution < 1.29 is 9.18 Å². The van der Waals surface area contributed by atoms with Crippen molar-refractivity contribution in [2.24, 2.45) is 0 Å². The average molecular weight is 392 g/mol. The van der Waals surface area contributed by atoms with Gasteiger partial charge in [-0.2, -0.15) is 0 Å². The highest BCUT2D eigenvalue weighted by atomic mass is 19.1. The van der Waals surface area contributed by atoms with Crippen molar-refractivity contribution in [1.82, 2.24) is 14.9 Å². The van der Waals surface area contributed by atoms with Gasteiger partial charge in [0.25, 0.3) is 5.91 Å². The number of halogens is 1. The number of benzene rings is 1. The van der Waals surface area contributed by atoms with E-state index in [1.54, 1.807) is 18.3 Å². The first-order chi connectivity index (χ1) is 14.1. The molecule has 1 aliphatic heterocycles. The van der Waals surface area contributed by atoms with E-state index < -0.39 is 0 Å². The summed E-state index contributed by atoms with van der Waals surface area (Å²) >= 11 is 0. The van der Waals surface area contributed by atoms with E-state index in [1.807, 2.05) is 24.0 Å². The molecule has 0 bridgehead atoms. The van der Waals surface area contributed by atoms with Crippen LogP contribution in [0.1, 0.15) is 48.7 Å². The molecular formula is C23H25FN4O. The van der Waals surface area contributed by atoms with Crippen LogP contribution in [0.4, 0.5) is 15.8 Å². The fourth-order valence-electron chi connectivity index (χ4n) is 4.03. The second-order valence-corrected chi connectivity index (χ2v) is 7.56. The van der Waals surface area contributed by atoms with Crippen molar-refractivity contribution in [3.63, 3.8) is 0 Å². The predicted octanol–water partition coefficient (Wildman–Crippen LogP) is 5.23. The minimum atomic E-state index is -0.336. The molecule has 29 heavy (non-hydrogen) atoms. The van der Waals surface area contributed by atoms with Gasteiger partial charge in [0.1, 0.15) is 5.82 Å². The van der Waals surface area contributed by atoms with Gasteiger partial charge in [-0.25, -0.2) is 14.4 Å². The Morgan fingerprint density at radius 3 is 2.93 bits per heavy atom. The Morgan fingerprint density at radius 2 is 2.14 bits per heavy atom. The first kappa shape index (κ1) is 19.3. The Morgan fingerprint density at radius 1 is 1.28 bits per heavy atom. The summed E-state index contributed by atoms with van der Waals surface area (Å²) in [4.78, 5) is 24.4. The van der Waals surface area contributed by atoms with Crippen LogP contribution in [0.15, 0.2) is 42.6 Å². The average Bonchev–Trinajstić information content (AvgIpc) is 2.73. The van der Waals surface area contributed by atoms with Crippen LogP contribution in [0, 0.1) is 12.7 Å². The van der Waals surface area contributed by atoms with Crippen LogP contribution in [0.5, 0.6) is 0 Å². The lowest BCUT2D eigenvalue weighted by molar-refractivity contribution is 0.0609. The maximum Gasteiger partial charge on any atom is 0.257 e. The van der Waals surface area contributed by atoms with Gasteiger partial charge in [-0.3, -0.25) is 4.79 Å². The molecular weight excluding hydrogens is 367 g/mol. The summed E-state index contributed by atoms with van der Waals surface area (Å²) in [6.45, 7) is 4.77. The number of piperidine rings is 1. The fourth-order valence-corrected chi connectivity index (χ4v) is 4.03. The smallest absolute Gasteiger partial charge is 0.257 e. The van der Waals surface area contributed by atoms with E-state index in [1.165, 1.54) is 12.1 Å². The molecule has 1 fully saturated rings. The minimum absolute atomic E-state index is 0.0366. The molecule has 1 atom stereocenters. The largest absolute Gasteiger partial charge is 0.354 e. The molecule has 0 radical (unpaired) electrons. The van der Waals surface area contributed by atoms with Crippen LogP contribution in [-0.2, 0) is 0 Å². The van der Waals surface area contributed by atoms with Crippen molar-refractivity contribution in [1.29, 1.82) is 0 Å². The monoisotopic (exact) mass is 392 g/mol. The van der Waals surface area contributed by atoms with Gasteiger partial charge in [0, 0.05) is 35.6 Å². The van der Waals surface area contributed by atoms with Crippen LogP contribution in [0.3, 0.4) is 0 Å². The van der Waals surface area contributed by atoms with E-state index in [2.05, 4.69) is 22.2 Å². The van der Waals surface area contributed by atoms with Crippen LogP contribution in [0.25, 0.3) is 11.0 Å². The highest BCUT2D eigenvalue weighted by Crippen LogP contribution is 2.31. The number of rotatable bonds is 4. The van der Waals surface area contributed by atoms with Gasteiger partial charge in [0.15, 0.2) is 5.65 Å². The van der Waals surface area contributed by atoms with Crippen molar-refractivity contribution in [2.45, 2.75) is 45.6 Å². The summed E-state index contributed by atoms with van der Waals surface area (Å²) < 4.78 is 13.7. The summed E-state index contributed by atoms with van der Waals surface area (Å²) in [6.07, 6.45) is 5.71. The zero-order chi connectivity index (χ0) is 20.4. The van der Waals surface area contributed by atoms with E-state index in [0.29, 0.717) is 22.6 Å². The lowest BCUT2D eigenvalue weighted by Crippen LogP contribution is -2.43.